The smallest absolute Gasteiger partial charge is 0.224 e. The van der Waals surface area contributed by atoms with E-state index >= 15 is 0 Å². The van der Waals surface area contributed by atoms with E-state index in [0.29, 0.717) is 12.3 Å². The molecule has 1 aromatic carbocycles. The zero-order valence-corrected chi connectivity index (χ0v) is 13.6. The number of aromatic nitrogens is 1. The lowest BCUT2D eigenvalue weighted by molar-refractivity contribution is -0.117. The van der Waals surface area contributed by atoms with Crippen LogP contribution in [0.15, 0.2) is 48.2 Å². The molecule has 2 aromatic rings. The van der Waals surface area contributed by atoms with Crippen molar-refractivity contribution in [1.82, 2.24) is 4.98 Å². The largest absolute Gasteiger partial charge is 0.326 e. The van der Waals surface area contributed by atoms with E-state index in [9.17, 15) is 4.79 Å². The number of nitrogens with zero attached hydrogens (tertiary/aromatic N) is 1. The molecule has 1 N–H and O–H groups in total. The highest BCUT2D eigenvalue weighted by Gasteiger charge is 2.09. The zero-order chi connectivity index (χ0) is 15.9. The van der Waals surface area contributed by atoms with Crippen LogP contribution >= 0.6 is 0 Å². The van der Waals surface area contributed by atoms with Gasteiger partial charge in [0.2, 0.25) is 5.91 Å². The van der Waals surface area contributed by atoms with Crippen molar-refractivity contribution in [1.29, 1.82) is 0 Å². The molecule has 0 aliphatic rings. The van der Waals surface area contributed by atoms with Crippen molar-refractivity contribution in [2.24, 2.45) is 5.92 Å². The van der Waals surface area contributed by atoms with Gasteiger partial charge in [-0.1, -0.05) is 24.6 Å². The molecule has 3 heteroatoms. The summed E-state index contributed by atoms with van der Waals surface area (Å²) >= 11 is 0. The summed E-state index contributed by atoms with van der Waals surface area (Å²) in [6.07, 6.45) is 6.64. The number of allylic oxidation sites excluding steroid dienone is 2. The number of pyridine rings is 1. The molecule has 0 aliphatic carbocycles. The number of hydrogen-bond acceptors (Lipinski definition) is 2. The lowest BCUT2D eigenvalue weighted by Gasteiger charge is -2.11. The van der Waals surface area contributed by atoms with Crippen LogP contribution in [0.2, 0.25) is 0 Å². The average Bonchev–Trinajstić information content (AvgIpc) is 2.46. The van der Waals surface area contributed by atoms with Crippen LogP contribution in [-0.4, -0.2) is 10.9 Å². The van der Waals surface area contributed by atoms with Crippen molar-refractivity contribution >= 4 is 22.5 Å². The first-order chi connectivity index (χ1) is 10.5. The molecule has 22 heavy (non-hydrogen) atoms. The Hall–Kier alpha value is -2.16. The van der Waals surface area contributed by atoms with Gasteiger partial charge < -0.3 is 5.32 Å². The molecule has 1 aromatic heterocycles. The van der Waals surface area contributed by atoms with Crippen LogP contribution < -0.4 is 5.32 Å². The topological polar surface area (TPSA) is 42.0 Å². The van der Waals surface area contributed by atoms with Gasteiger partial charge in [-0.05, 0) is 56.9 Å². The fraction of sp³-hybridized carbons (Fsp3) is 0.368. The number of carbonyl (C=O) groups is 1. The minimum atomic E-state index is 0.0768. The van der Waals surface area contributed by atoms with Crippen LogP contribution in [0.25, 0.3) is 10.9 Å². The summed E-state index contributed by atoms with van der Waals surface area (Å²) < 4.78 is 0. The number of amides is 1. The summed E-state index contributed by atoms with van der Waals surface area (Å²) in [6.45, 7) is 6.33. The second kappa shape index (κ2) is 7.74. The van der Waals surface area contributed by atoms with Crippen LogP contribution in [0.5, 0.6) is 0 Å². The molecule has 116 valence electrons. The Labute approximate surface area is 132 Å². The van der Waals surface area contributed by atoms with Gasteiger partial charge in [0.1, 0.15) is 0 Å². The maximum absolute atomic E-state index is 12.1. The molecule has 1 heterocycles. The van der Waals surface area contributed by atoms with Crippen molar-refractivity contribution in [3.63, 3.8) is 0 Å². The third-order valence-electron chi connectivity index (χ3n) is 3.63. The predicted molar refractivity (Wildman–Crippen MR) is 92.8 cm³/mol. The molecular weight excluding hydrogens is 272 g/mol. The highest BCUT2D eigenvalue weighted by molar-refractivity contribution is 5.93. The van der Waals surface area contributed by atoms with Crippen LogP contribution in [0.4, 0.5) is 5.69 Å². The lowest BCUT2D eigenvalue weighted by atomic mass is 10.0. The first-order valence-corrected chi connectivity index (χ1v) is 7.82. The van der Waals surface area contributed by atoms with Crippen LogP contribution in [-0.2, 0) is 4.79 Å². The van der Waals surface area contributed by atoms with E-state index in [4.69, 9.17) is 0 Å². The maximum Gasteiger partial charge on any atom is 0.224 e. The zero-order valence-electron chi connectivity index (χ0n) is 13.6. The molecule has 2 rings (SSSR count). The number of fused-ring (bicyclic) bond motifs is 1. The summed E-state index contributed by atoms with van der Waals surface area (Å²) in [7, 11) is 0. The fourth-order valence-corrected chi connectivity index (χ4v) is 2.44. The van der Waals surface area contributed by atoms with Crippen molar-refractivity contribution in [3.8, 4) is 0 Å². The minimum Gasteiger partial charge on any atom is -0.326 e. The summed E-state index contributed by atoms with van der Waals surface area (Å²) in [5, 5.41) is 4.02. The van der Waals surface area contributed by atoms with Crippen molar-refractivity contribution < 1.29 is 4.79 Å². The van der Waals surface area contributed by atoms with Crippen molar-refractivity contribution in [2.75, 3.05) is 5.32 Å². The standard InChI is InChI=1S/C19H24N2O/c1-14(2)6-4-7-15(3)12-19(22)21-17-9-10-18-16(13-17)8-5-11-20-18/h5-6,8-11,13,15H,4,7,12H2,1-3H3,(H,21,22). The number of carbonyl (C=O) groups excluding carboxylic acids is 1. The lowest BCUT2D eigenvalue weighted by Crippen LogP contribution is -2.15. The molecule has 1 atom stereocenters. The normalized spacial score (nSPS) is 12.0. The van der Waals surface area contributed by atoms with E-state index in [-0.39, 0.29) is 5.91 Å². The van der Waals surface area contributed by atoms with Crippen LogP contribution in [0.1, 0.15) is 40.0 Å². The second-order valence-electron chi connectivity index (χ2n) is 6.13. The van der Waals surface area contributed by atoms with E-state index in [1.807, 2.05) is 30.3 Å². The molecule has 1 amide bonds. The van der Waals surface area contributed by atoms with E-state index in [1.54, 1.807) is 6.20 Å². The molecule has 0 spiro atoms. The third kappa shape index (κ3) is 4.99. The molecule has 0 saturated carbocycles. The third-order valence-corrected chi connectivity index (χ3v) is 3.63. The van der Waals surface area contributed by atoms with Gasteiger partial charge >= 0.3 is 0 Å². The van der Waals surface area contributed by atoms with Gasteiger partial charge in [-0.3, -0.25) is 9.78 Å². The average molecular weight is 296 g/mol. The molecule has 3 nitrogen and oxygen atoms in total. The van der Waals surface area contributed by atoms with Crippen LogP contribution in [0.3, 0.4) is 0 Å². The van der Waals surface area contributed by atoms with E-state index < -0.39 is 0 Å². The van der Waals surface area contributed by atoms with Gasteiger partial charge in [-0.2, -0.15) is 0 Å². The van der Waals surface area contributed by atoms with Gasteiger partial charge in [0, 0.05) is 23.7 Å². The summed E-state index contributed by atoms with van der Waals surface area (Å²) in [5.74, 6) is 0.464. The predicted octanol–water partition coefficient (Wildman–Crippen LogP) is 4.95. The molecular formula is C19H24N2O. The highest BCUT2D eigenvalue weighted by atomic mass is 16.1. The Morgan fingerprint density at radius 3 is 2.91 bits per heavy atom. The van der Waals surface area contributed by atoms with Crippen molar-refractivity contribution in [3.05, 3.63) is 48.2 Å². The maximum atomic E-state index is 12.1. The number of nitrogens with one attached hydrogen (secondary N) is 1. The SMILES string of the molecule is CC(C)=CCCC(C)CC(=O)Nc1ccc2ncccc2c1. The molecule has 0 bridgehead atoms. The van der Waals surface area contributed by atoms with Gasteiger partial charge in [-0.15, -0.1) is 0 Å². The Morgan fingerprint density at radius 1 is 1.32 bits per heavy atom. The Kier molecular flexibility index (Phi) is 5.70. The fourth-order valence-electron chi connectivity index (χ4n) is 2.44. The molecule has 0 fully saturated rings. The monoisotopic (exact) mass is 296 g/mol. The minimum absolute atomic E-state index is 0.0768. The number of rotatable bonds is 6. The number of benzene rings is 1. The van der Waals surface area contributed by atoms with E-state index in [1.165, 1.54) is 5.57 Å². The Morgan fingerprint density at radius 2 is 2.14 bits per heavy atom. The Bertz CT molecular complexity index is 672. The summed E-state index contributed by atoms with van der Waals surface area (Å²) in [6, 6.07) is 9.71. The van der Waals surface area contributed by atoms with Gasteiger partial charge in [0.15, 0.2) is 0 Å². The van der Waals surface area contributed by atoms with E-state index in [2.05, 4.69) is 37.1 Å². The summed E-state index contributed by atoms with van der Waals surface area (Å²) in [4.78, 5) is 16.4. The second-order valence-corrected chi connectivity index (χ2v) is 6.13. The molecule has 0 radical (unpaired) electrons. The number of anilines is 1. The van der Waals surface area contributed by atoms with E-state index in [0.717, 1.165) is 29.4 Å². The molecule has 1 unspecified atom stereocenters. The van der Waals surface area contributed by atoms with Crippen molar-refractivity contribution in [2.45, 2.75) is 40.0 Å². The first kappa shape index (κ1) is 16.2. The molecule has 0 saturated heterocycles. The first-order valence-electron chi connectivity index (χ1n) is 7.82. The van der Waals surface area contributed by atoms with Gasteiger partial charge in [0.05, 0.1) is 5.52 Å². The van der Waals surface area contributed by atoms with Crippen LogP contribution in [0, 0.1) is 5.92 Å². The number of hydrogen-bond donors (Lipinski definition) is 1. The van der Waals surface area contributed by atoms with Gasteiger partial charge in [0.25, 0.3) is 0 Å². The summed E-state index contributed by atoms with van der Waals surface area (Å²) in [5.41, 5.74) is 3.11. The molecule has 0 aliphatic heterocycles. The van der Waals surface area contributed by atoms with Gasteiger partial charge in [-0.25, -0.2) is 0 Å². The highest BCUT2D eigenvalue weighted by Crippen LogP contribution is 2.18. The Balaban J connectivity index is 1.89. The quantitative estimate of drug-likeness (QED) is 0.767.